The molecule has 1 fully saturated rings. The molecule has 0 aromatic rings. The summed E-state index contributed by atoms with van der Waals surface area (Å²) >= 11 is 0. The van der Waals surface area contributed by atoms with Gasteiger partial charge in [0.15, 0.2) is 0 Å². The van der Waals surface area contributed by atoms with Gasteiger partial charge in [-0.2, -0.15) is 0 Å². The fourth-order valence-electron chi connectivity index (χ4n) is 1.51. The Morgan fingerprint density at radius 1 is 1.60 bits per heavy atom. The lowest BCUT2D eigenvalue weighted by molar-refractivity contribution is -0.529. The Hall–Kier alpha value is -0.640. The average Bonchev–Trinajstić information content (AvgIpc) is 2.33. The molecule has 2 unspecified atom stereocenters. The Morgan fingerprint density at radius 3 is 2.70 bits per heavy atom. The summed E-state index contributed by atoms with van der Waals surface area (Å²) in [6.45, 7) is -0.0361. The zero-order valence-electron chi connectivity index (χ0n) is 5.69. The zero-order valence-corrected chi connectivity index (χ0v) is 5.69. The van der Waals surface area contributed by atoms with Gasteiger partial charge in [-0.1, -0.05) is 0 Å². The third kappa shape index (κ3) is 1.26. The third-order valence-corrected chi connectivity index (χ3v) is 2.12. The first-order valence-electron chi connectivity index (χ1n) is 3.50. The molecule has 0 saturated heterocycles. The van der Waals surface area contributed by atoms with Crippen molar-refractivity contribution in [3.05, 3.63) is 10.1 Å². The second-order valence-electron chi connectivity index (χ2n) is 2.73. The van der Waals surface area contributed by atoms with Crippen LogP contribution in [0.4, 0.5) is 0 Å². The maximum atomic E-state index is 10.3. The molecule has 10 heavy (non-hydrogen) atoms. The third-order valence-electron chi connectivity index (χ3n) is 2.12. The highest BCUT2D eigenvalue weighted by Gasteiger charge is 2.35. The number of aliphatic hydroxyl groups is 1. The Kier molecular flexibility index (Phi) is 2.21. The van der Waals surface area contributed by atoms with Crippen LogP contribution in [0.15, 0.2) is 0 Å². The Morgan fingerprint density at radius 2 is 2.30 bits per heavy atom. The fraction of sp³-hybridized carbons (Fsp3) is 1.00. The Bertz CT molecular complexity index is 137. The normalized spacial score (nSPS) is 32.5. The van der Waals surface area contributed by atoms with Gasteiger partial charge in [0.1, 0.15) is 0 Å². The summed E-state index contributed by atoms with van der Waals surface area (Å²) in [5.74, 6) is -0.0880. The lowest BCUT2D eigenvalue weighted by Gasteiger charge is -2.07. The molecule has 58 valence electrons. The topological polar surface area (TPSA) is 63.4 Å². The van der Waals surface area contributed by atoms with Crippen LogP contribution >= 0.6 is 0 Å². The van der Waals surface area contributed by atoms with Gasteiger partial charge in [-0.05, 0) is 12.8 Å². The van der Waals surface area contributed by atoms with Gasteiger partial charge in [0.25, 0.3) is 0 Å². The molecule has 1 saturated carbocycles. The van der Waals surface area contributed by atoms with E-state index in [1.807, 2.05) is 0 Å². The molecule has 2 atom stereocenters. The molecule has 4 nitrogen and oxygen atoms in total. The predicted molar refractivity (Wildman–Crippen MR) is 35.2 cm³/mol. The molecule has 0 aromatic heterocycles. The number of nitrogens with zero attached hydrogens (tertiary/aromatic N) is 1. The quantitative estimate of drug-likeness (QED) is 0.452. The van der Waals surface area contributed by atoms with E-state index in [2.05, 4.69) is 0 Å². The van der Waals surface area contributed by atoms with Crippen molar-refractivity contribution in [1.29, 1.82) is 0 Å². The lowest BCUT2D eigenvalue weighted by atomic mass is 10.1. The van der Waals surface area contributed by atoms with E-state index in [-0.39, 0.29) is 17.4 Å². The van der Waals surface area contributed by atoms with E-state index in [1.165, 1.54) is 0 Å². The molecule has 1 N–H and O–H groups in total. The summed E-state index contributed by atoms with van der Waals surface area (Å²) in [5.41, 5.74) is 0. The minimum Gasteiger partial charge on any atom is -0.396 e. The van der Waals surface area contributed by atoms with Gasteiger partial charge >= 0.3 is 0 Å². The van der Waals surface area contributed by atoms with Crippen LogP contribution in [0, 0.1) is 16.0 Å². The number of aliphatic hydroxyl groups excluding tert-OH is 1. The lowest BCUT2D eigenvalue weighted by Crippen LogP contribution is -2.26. The van der Waals surface area contributed by atoms with E-state index in [0.29, 0.717) is 6.42 Å². The average molecular weight is 145 g/mol. The van der Waals surface area contributed by atoms with Gasteiger partial charge in [-0.15, -0.1) is 0 Å². The summed E-state index contributed by atoms with van der Waals surface area (Å²) in [6.07, 6.45) is 2.33. The van der Waals surface area contributed by atoms with Crippen LogP contribution in [-0.4, -0.2) is 22.7 Å². The minimum absolute atomic E-state index is 0.0361. The summed E-state index contributed by atoms with van der Waals surface area (Å²) in [4.78, 5) is 10.00. The van der Waals surface area contributed by atoms with Crippen molar-refractivity contribution in [1.82, 2.24) is 0 Å². The van der Waals surface area contributed by atoms with Crippen molar-refractivity contribution in [2.45, 2.75) is 25.3 Å². The van der Waals surface area contributed by atoms with E-state index in [1.54, 1.807) is 0 Å². The van der Waals surface area contributed by atoms with E-state index < -0.39 is 6.04 Å². The maximum Gasteiger partial charge on any atom is 0.218 e. The minimum atomic E-state index is -0.481. The van der Waals surface area contributed by atoms with Crippen molar-refractivity contribution in [3.63, 3.8) is 0 Å². The highest BCUT2D eigenvalue weighted by Crippen LogP contribution is 2.26. The van der Waals surface area contributed by atoms with Crippen molar-refractivity contribution < 1.29 is 10.0 Å². The van der Waals surface area contributed by atoms with Crippen LogP contribution in [-0.2, 0) is 0 Å². The van der Waals surface area contributed by atoms with Crippen molar-refractivity contribution in [3.8, 4) is 0 Å². The van der Waals surface area contributed by atoms with Crippen LogP contribution < -0.4 is 0 Å². The van der Waals surface area contributed by atoms with E-state index in [0.717, 1.165) is 12.8 Å². The largest absolute Gasteiger partial charge is 0.396 e. The molecule has 0 spiro atoms. The molecule has 0 heterocycles. The van der Waals surface area contributed by atoms with Crippen molar-refractivity contribution in [2.75, 3.05) is 6.61 Å². The first kappa shape index (κ1) is 7.47. The number of nitro groups is 1. The van der Waals surface area contributed by atoms with Crippen molar-refractivity contribution >= 4 is 0 Å². The second kappa shape index (κ2) is 2.96. The van der Waals surface area contributed by atoms with Gasteiger partial charge in [0, 0.05) is 17.3 Å². The standard InChI is InChI=1S/C6H11NO3/c8-4-5-2-1-3-6(5)7(9)10/h5-6,8H,1-4H2. The van der Waals surface area contributed by atoms with Crippen LogP contribution in [0.3, 0.4) is 0 Å². The second-order valence-corrected chi connectivity index (χ2v) is 2.73. The van der Waals surface area contributed by atoms with E-state index in [4.69, 9.17) is 5.11 Å². The summed E-state index contributed by atoms with van der Waals surface area (Å²) in [7, 11) is 0. The van der Waals surface area contributed by atoms with Gasteiger partial charge in [-0.25, -0.2) is 0 Å². The number of hydrogen-bond acceptors (Lipinski definition) is 3. The van der Waals surface area contributed by atoms with Crippen LogP contribution in [0.5, 0.6) is 0 Å². The Balaban J connectivity index is 2.50. The highest BCUT2D eigenvalue weighted by molar-refractivity contribution is 4.76. The highest BCUT2D eigenvalue weighted by atomic mass is 16.6. The predicted octanol–water partition coefficient (Wildman–Crippen LogP) is 0.424. The molecular weight excluding hydrogens is 134 g/mol. The van der Waals surface area contributed by atoms with Gasteiger partial charge in [0.05, 0.1) is 6.61 Å². The molecule has 1 aliphatic rings. The summed E-state index contributed by atoms with van der Waals surface area (Å²) in [5, 5.41) is 18.9. The molecule has 0 radical (unpaired) electrons. The van der Waals surface area contributed by atoms with E-state index in [9.17, 15) is 10.1 Å². The molecule has 0 aromatic carbocycles. The molecule has 0 aliphatic heterocycles. The Labute approximate surface area is 59.0 Å². The van der Waals surface area contributed by atoms with Gasteiger partial charge in [0.2, 0.25) is 6.04 Å². The molecular formula is C6H11NO3. The zero-order chi connectivity index (χ0) is 7.56. The molecule has 0 amide bonds. The molecule has 1 rings (SSSR count). The number of hydrogen-bond donors (Lipinski definition) is 1. The van der Waals surface area contributed by atoms with Gasteiger partial charge in [-0.3, -0.25) is 10.1 Å². The van der Waals surface area contributed by atoms with Crippen LogP contribution in [0.2, 0.25) is 0 Å². The number of rotatable bonds is 2. The molecule has 4 heteroatoms. The first-order valence-corrected chi connectivity index (χ1v) is 3.50. The smallest absolute Gasteiger partial charge is 0.218 e. The fourth-order valence-corrected chi connectivity index (χ4v) is 1.51. The summed E-state index contributed by atoms with van der Waals surface area (Å²) in [6, 6.07) is -0.481. The summed E-state index contributed by atoms with van der Waals surface area (Å²) < 4.78 is 0. The van der Waals surface area contributed by atoms with E-state index >= 15 is 0 Å². The van der Waals surface area contributed by atoms with Crippen LogP contribution in [0.25, 0.3) is 0 Å². The SMILES string of the molecule is O=[N+]([O-])C1CCCC1CO. The van der Waals surface area contributed by atoms with Crippen molar-refractivity contribution in [2.24, 2.45) is 5.92 Å². The molecule has 1 aliphatic carbocycles. The first-order chi connectivity index (χ1) is 4.75. The maximum absolute atomic E-state index is 10.3. The van der Waals surface area contributed by atoms with Crippen LogP contribution in [0.1, 0.15) is 19.3 Å². The van der Waals surface area contributed by atoms with Gasteiger partial charge < -0.3 is 5.11 Å². The monoisotopic (exact) mass is 145 g/mol. The molecule has 0 bridgehead atoms.